The molecule has 5 heterocycles. The van der Waals surface area contributed by atoms with Gasteiger partial charge in [-0.2, -0.15) is 4.52 Å². The van der Waals surface area contributed by atoms with Crippen molar-refractivity contribution in [3.8, 4) is 11.6 Å². The van der Waals surface area contributed by atoms with E-state index in [0.717, 1.165) is 35.8 Å². The summed E-state index contributed by atoms with van der Waals surface area (Å²) >= 11 is 1.80. The van der Waals surface area contributed by atoms with Crippen LogP contribution < -0.4 is 4.90 Å². The molecule has 0 radical (unpaired) electrons. The second-order valence-corrected chi connectivity index (χ2v) is 7.21. The van der Waals surface area contributed by atoms with Gasteiger partial charge in [0.25, 0.3) is 0 Å². The fourth-order valence-electron chi connectivity index (χ4n) is 3.32. The maximum atomic E-state index is 5.45. The molecule has 23 heavy (non-hydrogen) atoms. The quantitative estimate of drug-likeness (QED) is 0.575. The average molecular weight is 326 g/mol. The van der Waals surface area contributed by atoms with Crippen LogP contribution in [0.1, 0.15) is 16.3 Å². The number of quaternary nitrogens is 1. The van der Waals surface area contributed by atoms with Gasteiger partial charge in [0.15, 0.2) is 11.4 Å². The van der Waals surface area contributed by atoms with Crippen molar-refractivity contribution in [2.45, 2.75) is 19.9 Å². The Hall–Kier alpha value is -2.25. The Morgan fingerprint density at radius 2 is 2.26 bits per heavy atom. The minimum Gasteiger partial charge on any atom is -0.461 e. The number of likely N-dealkylation sites (N-methyl/N-ethyl adjacent to an activating group) is 1. The monoisotopic (exact) mass is 326 g/mol. The molecule has 5 rings (SSSR count). The van der Waals surface area contributed by atoms with Crippen molar-refractivity contribution in [2.75, 3.05) is 13.6 Å². The summed E-state index contributed by atoms with van der Waals surface area (Å²) in [4.78, 5) is 13.6. The predicted molar refractivity (Wildman–Crippen MR) is 87.8 cm³/mol. The van der Waals surface area contributed by atoms with Crippen LogP contribution in [-0.2, 0) is 13.0 Å². The second kappa shape index (κ2) is 4.62. The van der Waals surface area contributed by atoms with Crippen LogP contribution in [0.4, 0.5) is 0 Å². The number of nitrogens with zero attached hydrogens (tertiary/aromatic N) is 4. The molecule has 4 aromatic heterocycles. The second-order valence-electron chi connectivity index (χ2n) is 6.12. The summed E-state index contributed by atoms with van der Waals surface area (Å²) in [6.45, 7) is 4.20. The van der Waals surface area contributed by atoms with E-state index >= 15 is 0 Å². The molecule has 6 nitrogen and oxygen atoms in total. The molecule has 1 unspecified atom stereocenters. The summed E-state index contributed by atoms with van der Waals surface area (Å²) in [5.41, 5.74) is 2.31. The van der Waals surface area contributed by atoms with E-state index in [1.165, 1.54) is 15.8 Å². The zero-order valence-electron chi connectivity index (χ0n) is 13.0. The lowest BCUT2D eigenvalue weighted by molar-refractivity contribution is -0.895. The smallest absolute Gasteiger partial charge is 0.217 e. The van der Waals surface area contributed by atoms with E-state index in [-0.39, 0.29) is 0 Å². The summed E-state index contributed by atoms with van der Waals surface area (Å²) < 4.78 is 7.30. The van der Waals surface area contributed by atoms with Crippen molar-refractivity contribution in [1.82, 2.24) is 19.6 Å². The predicted octanol–water partition coefficient (Wildman–Crippen LogP) is 1.48. The molecular weight excluding hydrogens is 310 g/mol. The molecule has 0 saturated heterocycles. The topological polar surface area (TPSA) is 60.7 Å². The van der Waals surface area contributed by atoms with Crippen LogP contribution in [0.2, 0.25) is 0 Å². The van der Waals surface area contributed by atoms with Crippen molar-refractivity contribution in [2.24, 2.45) is 0 Å². The number of hydrogen-bond acceptors (Lipinski definition) is 5. The number of fused-ring (bicyclic) bond motifs is 5. The van der Waals surface area contributed by atoms with Crippen LogP contribution in [0.15, 0.2) is 22.8 Å². The Morgan fingerprint density at radius 3 is 3.09 bits per heavy atom. The molecule has 0 aromatic carbocycles. The van der Waals surface area contributed by atoms with Crippen LogP contribution in [0, 0.1) is 6.92 Å². The van der Waals surface area contributed by atoms with Crippen LogP contribution in [0.5, 0.6) is 0 Å². The SMILES string of the molecule is Cc1nc2sc3c(c2c2nc(-c4ccco4)nn12)CC[NH+](C)C3. The first-order chi connectivity index (χ1) is 11.2. The zero-order chi connectivity index (χ0) is 15.6. The number of aryl methyl sites for hydroxylation is 1. The van der Waals surface area contributed by atoms with Crippen molar-refractivity contribution >= 4 is 27.2 Å². The largest absolute Gasteiger partial charge is 0.461 e. The van der Waals surface area contributed by atoms with Crippen molar-refractivity contribution in [1.29, 1.82) is 0 Å². The van der Waals surface area contributed by atoms with Gasteiger partial charge in [-0.25, -0.2) is 9.97 Å². The number of hydrogen-bond donors (Lipinski definition) is 1. The van der Waals surface area contributed by atoms with Gasteiger partial charge in [0.05, 0.1) is 30.1 Å². The normalized spacial score (nSPS) is 17.9. The Labute approximate surface area is 136 Å². The first kappa shape index (κ1) is 13.2. The van der Waals surface area contributed by atoms with Gasteiger partial charge in [0.2, 0.25) is 5.82 Å². The lowest BCUT2D eigenvalue weighted by atomic mass is 10.1. The molecule has 4 aromatic rings. The molecule has 0 amide bonds. The summed E-state index contributed by atoms with van der Waals surface area (Å²) in [6, 6.07) is 3.74. The molecule has 1 atom stereocenters. The third-order valence-corrected chi connectivity index (χ3v) is 5.60. The zero-order valence-corrected chi connectivity index (χ0v) is 13.8. The molecule has 0 saturated carbocycles. The third kappa shape index (κ3) is 1.87. The van der Waals surface area contributed by atoms with Gasteiger partial charge in [-0.05, 0) is 24.6 Å². The number of aromatic nitrogens is 4. The average Bonchev–Trinajstić information content (AvgIpc) is 3.23. The molecular formula is C16H16N5OS+. The van der Waals surface area contributed by atoms with Gasteiger partial charge in [0, 0.05) is 6.42 Å². The van der Waals surface area contributed by atoms with Gasteiger partial charge < -0.3 is 9.32 Å². The van der Waals surface area contributed by atoms with Gasteiger partial charge in [0.1, 0.15) is 17.2 Å². The van der Waals surface area contributed by atoms with Crippen LogP contribution in [0.25, 0.3) is 27.4 Å². The lowest BCUT2D eigenvalue weighted by Crippen LogP contribution is -3.08. The van der Waals surface area contributed by atoms with E-state index in [4.69, 9.17) is 14.4 Å². The highest BCUT2D eigenvalue weighted by atomic mass is 32.1. The Kier molecular flexibility index (Phi) is 2.66. The van der Waals surface area contributed by atoms with Gasteiger partial charge >= 0.3 is 0 Å². The van der Waals surface area contributed by atoms with Gasteiger partial charge in [-0.1, -0.05) is 0 Å². The summed E-state index contributed by atoms with van der Waals surface area (Å²) in [7, 11) is 2.24. The molecule has 116 valence electrons. The number of furan rings is 1. The van der Waals surface area contributed by atoms with E-state index in [9.17, 15) is 0 Å². The minimum absolute atomic E-state index is 0.617. The minimum atomic E-state index is 0.617. The van der Waals surface area contributed by atoms with Crippen LogP contribution >= 0.6 is 11.3 Å². The van der Waals surface area contributed by atoms with Crippen LogP contribution in [0.3, 0.4) is 0 Å². The summed E-state index contributed by atoms with van der Waals surface area (Å²) in [5.74, 6) is 2.16. The Balaban J connectivity index is 1.84. The highest BCUT2D eigenvalue weighted by molar-refractivity contribution is 7.19. The molecule has 0 fully saturated rings. The van der Waals surface area contributed by atoms with E-state index < -0.39 is 0 Å². The van der Waals surface area contributed by atoms with E-state index in [2.05, 4.69) is 12.1 Å². The summed E-state index contributed by atoms with van der Waals surface area (Å²) in [6.07, 6.45) is 2.72. The molecule has 1 aliphatic heterocycles. The van der Waals surface area contributed by atoms with Gasteiger partial charge in [-0.3, -0.25) is 0 Å². The number of nitrogens with one attached hydrogen (secondary N) is 1. The fourth-order valence-corrected chi connectivity index (χ4v) is 4.69. The standard InChI is InChI=1S/C16H15N5OS/c1-9-17-16-13(10-5-6-20(2)8-12(10)23-16)15-18-14(19-21(9)15)11-4-3-7-22-11/h3-4,7H,5-6,8H2,1-2H3/p+1. The van der Waals surface area contributed by atoms with Crippen molar-refractivity contribution in [3.05, 3.63) is 34.7 Å². The molecule has 0 aliphatic carbocycles. The molecule has 7 heteroatoms. The summed E-state index contributed by atoms with van der Waals surface area (Å²) in [5, 5.41) is 5.77. The lowest BCUT2D eigenvalue weighted by Gasteiger charge is -2.19. The first-order valence-electron chi connectivity index (χ1n) is 7.73. The van der Waals surface area contributed by atoms with Crippen molar-refractivity contribution < 1.29 is 9.32 Å². The highest BCUT2D eigenvalue weighted by Gasteiger charge is 2.25. The molecule has 0 spiro atoms. The maximum Gasteiger partial charge on any atom is 0.217 e. The third-order valence-electron chi connectivity index (χ3n) is 4.48. The Bertz CT molecular complexity index is 1030. The van der Waals surface area contributed by atoms with E-state index in [1.807, 2.05) is 23.6 Å². The molecule has 1 N–H and O–H groups in total. The number of rotatable bonds is 1. The van der Waals surface area contributed by atoms with Crippen LogP contribution in [-0.4, -0.2) is 33.2 Å². The molecule has 1 aliphatic rings. The van der Waals surface area contributed by atoms with Crippen molar-refractivity contribution in [3.63, 3.8) is 0 Å². The maximum absolute atomic E-state index is 5.45. The van der Waals surface area contributed by atoms with E-state index in [0.29, 0.717) is 11.6 Å². The fraction of sp³-hybridized carbons (Fsp3) is 0.312. The first-order valence-corrected chi connectivity index (χ1v) is 8.55. The Morgan fingerprint density at radius 1 is 1.35 bits per heavy atom. The highest BCUT2D eigenvalue weighted by Crippen LogP contribution is 2.34. The van der Waals surface area contributed by atoms with E-state index in [1.54, 1.807) is 22.5 Å². The molecule has 0 bridgehead atoms. The number of thiophene rings is 1. The van der Waals surface area contributed by atoms with Gasteiger partial charge in [-0.15, -0.1) is 16.4 Å².